The van der Waals surface area contributed by atoms with Crippen LogP contribution in [-0.2, 0) is 4.74 Å². The second-order valence-corrected chi connectivity index (χ2v) is 9.37. The number of benzene rings is 1. The molecule has 0 spiro atoms. The SMILES string of the molecule is CN(C)c1ccc(N2CC[C@@H](c3c(C(=O)N4CCOCC4)sc4ccccc34)C2)nn1. The highest BCUT2D eigenvalue weighted by Gasteiger charge is 2.33. The fourth-order valence-corrected chi connectivity index (χ4v) is 5.73. The van der Waals surface area contributed by atoms with E-state index in [1.54, 1.807) is 11.3 Å². The zero-order valence-electron chi connectivity index (χ0n) is 18.0. The van der Waals surface area contributed by atoms with Crippen LogP contribution in [0.1, 0.15) is 27.6 Å². The van der Waals surface area contributed by atoms with E-state index >= 15 is 0 Å². The lowest BCUT2D eigenvalue weighted by Crippen LogP contribution is -2.40. The van der Waals surface area contributed by atoms with Crippen LogP contribution in [-0.4, -0.2) is 74.5 Å². The van der Waals surface area contributed by atoms with Gasteiger partial charge in [0, 0.05) is 50.9 Å². The van der Waals surface area contributed by atoms with Crippen LogP contribution in [0, 0.1) is 0 Å². The molecule has 162 valence electrons. The zero-order chi connectivity index (χ0) is 21.4. The molecule has 0 aliphatic carbocycles. The number of amides is 1. The molecule has 0 saturated carbocycles. The van der Waals surface area contributed by atoms with Crippen LogP contribution in [0.3, 0.4) is 0 Å². The Bertz CT molecular complexity index is 1080. The minimum Gasteiger partial charge on any atom is -0.378 e. The fraction of sp³-hybridized carbons (Fsp3) is 0.435. The van der Waals surface area contributed by atoms with E-state index in [0.717, 1.165) is 36.0 Å². The predicted molar refractivity (Wildman–Crippen MR) is 124 cm³/mol. The van der Waals surface area contributed by atoms with Gasteiger partial charge in [-0.05, 0) is 35.6 Å². The van der Waals surface area contributed by atoms with Gasteiger partial charge in [-0.15, -0.1) is 21.5 Å². The summed E-state index contributed by atoms with van der Waals surface area (Å²) in [5.41, 5.74) is 1.21. The highest BCUT2D eigenvalue weighted by Crippen LogP contribution is 2.41. The second kappa shape index (κ2) is 8.43. The van der Waals surface area contributed by atoms with Crippen LogP contribution in [0.2, 0.25) is 0 Å². The van der Waals surface area contributed by atoms with Gasteiger partial charge in [-0.25, -0.2) is 0 Å². The molecule has 1 amide bonds. The van der Waals surface area contributed by atoms with Gasteiger partial charge < -0.3 is 19.4 Å². The number of fused-ring (bicyclic) bond motifs is 1. The maximum atomic E-state index is 13.4. The van der Waals surface area contributed by atoms with E-state index in [4.69, 9.17) is 4.74 Å². The molecular weight excluding hydrogens is 410 g/mol. The van der Waals surface area contributed by atoms with Crippen LogP contribution >= 0.6 is 11.3 Å². The van der Waals surface area contributed by atoms with E-state index in [-0.39, 0.29) is 5.91 Å². The van der Waals surface area contributed by atoms with Gasteiger partial charge in [0.15, 0.2) is 11.6 Å². The second-order valence-electron chi connectivity index (χ2n) is 8.32. The lowest BCUT2D eigenvalue weighted by atomic mass is 9.94. The van der Waals surface area contributed by atoms with Gasteiger partial charge in [0.1, 0.15) is 0 Å². The van der Waals surface area contributed by atoms with Gasteiger partial charge in [-0.2, -0.15) is 0 Å². The molecule has 0 unspecified atom stereocenters. The van der Waals surface area contributed by atoms with E-state index in [0.29, 0.717) is 32.2 Å². The third kappa shape index (κ3) is 3.85. The monoisotopic (exact) mass is 437 g/mol. The summed E-state index contributed by atoms with van der Waals surface area (Å²) in [6.07, 6.45) is 1.00. The molecule has 1 aromatic carbocycles. The molecule has 8 heteroatoms. The fourth-order valence-electron chi connectivity index (χ4n) is 4.47. The number of aromatic nitrogens is 2. The van der Waals surface area contributed by atoms with E-state index in [9.17, 15) is 4.79 Å². The summed E-state index contributed by atoms with van der Waals surface area (Å²) in [7, 11) is 3.93. The average molecular weight is 438 g/mol. The number of rotatable bonds is 4. The van der Waals surface area contributed by atoms with Crippen molar-refractivity contribution in [2.24, 2.45) is 0 Å². The maximum absolute atomic E-state index is 13.4. The minimum atomic E-state index is 0.146. The van der Waals surface area contributed by atoms with Crippen molar-refractivity contribution in [3.8, 4) is 0 Å². The van der Waals surface area contributed by atoms with E-state index in [2.05, 4.69) is 39.4 Å². The molecular formula is C23H27N5O2S. The van der Waals surface area contributed by atoms with Crippen molar-refractivity contribution in [2.75, 3.05) is 63.3 Å². The summed E-state index contributed by atoms with van der Waals surface area (Å²) in [5, 5.41) is 9.98. The van der Waals surface area contributed by atoms with Gasteiger partial charge in [0.2, 0.25) is 0 Å². The van der Waals surface area contributed by atoms with Crippen LogP contribution in [0.4, 0.5) is 11.6 Å². The molecule has 2 aliphatic heterocycles. The molecule has 4 heterocycles. The molecule has 2 saturated heterocycles. The minimum absolute atomic E-state index is 0.146. The first-order chi connectivity index (χ1) is 15.1. The van der Waals surface area contributed by atoms with E-state index in [1.165, 1.54) is 15.6 Å². The molecule has 2 aliphatic rings. The largest absolute Gasteiger partial charge is 0.378 e. The van der Waals surface area contributed by atoms with Gasteiger partial charge >= 0.3 is 0 Å². The summed E-state index contributed by atoms with van der Waals surface area (Å²) in [5.74, 6) is 2.19. The Morgan fingerprint density at radius 1 is 1.10 bits per heavy atom. The van der Waals surface area contributed by atoms with Crippen molar-refractivity contribution in [1.29, 1.82) is 0 Å². The number of anilines is 2. The number of carbonyl (C=O) groups is 1. The average Bonchev–Trinajstić information content (AvgIpc) is 3.44. The van der Waals surface area contributed by atoms with E-state index in [1.807, 2.05) is 36.0 Å². The molecule has 5 rings (SSSR count). The number of carbonyl (C=O) groups excluding carboxylic acids is 1. The smallest absolute Gasteiger partial charge is 0.264 e. The van der Waals surface area contributed by atoms with Crippen molar-refractivity contribution in [1.82, 2.24) is 15.1 Å². The van der Waals surface area contributed by atoms with Crippen LogP contribution in [0.5, 0.6) is 0 Å². The van der Waals surface area contributed by atoms with Gasteiger partial charge in [-0.3, -0.25) is 4.79 Å². The Kier molecular flexibility index (Phi) is 5.50. The van der Waals surface area contributed by atoms with Crippen molar-refractivity contribution >= 4 is 39.0 Å². The summed E-state index contributed by atoms with van der Waals surface area (Å²) in [6.45, 7) is 4.32. The number of nitrogens with zero attached hydrogens (tertiary/aromatic N) is 5. The molecule has 7 nitrogen and oxygen atoms in total. The molecule has 2 fully saturated rings. The first kappa shape index (κ1) is 20.2. The maximum Gasteiger partial charge on any atom is 0.264 e. The van der Waals surface area contributed by atoms with E-state index < -0.39 is 0 Å². The van der Waals surface area contributed by atoms with Gasteiger partial charge in [0.25, 0.3) is 5.91 Å². The lowest BCUT2D eigenvalue weighted by molar-refractivity contribution is 0.0305. The molecule has 3 aromatic rings. The number of morpholine rings is 1. The highest BCUT2D eigenvalue weighted by molar-refractivity contribution is 7.21. The van der Waals surface area contributed by atoms with Crippen molar-refractivity contribution in [3.63, 3.8) is 0 Å². The Labute approximate surface area is 186 Å². The summed E-state index contributed by atoms with van der Waals surface area (Å²) in [6, 6.07) is 12.4. The Hall–Kier alpha value is -2.71. The predicted octanol–water partition coefficient (Wildman–Crippen LogP) is 3.22. The van der Waals surface area contributed by atoms with Crippen molar-refractivity contribution in [2.45, 2.75) is 12.3 Å². The summed E-state index contributed by atoms with van der Waals surface area (Å²) in [4.78, 5) is 20.5. The first-order valence-electron chi connectivity index (χ1n) is 10.8. The Balaban J connectivity index is 1.45. The quantitative estimate of drug-likeness (QED) is 0.625. The molecule has 0 N–H and O–H groups in total. The Morgan fingerprint density at radius 3 is 2.65 bits per heavy atom. The number of hydrogen-bond donors (Lipinski definition) is 0. The zero-order valence-corrected chi connectivity index (χ0v) is 18.8. The molecule has 0 radical (unpaired) electrons. The summed E-state index contributed by atoms with van der Waals surface area (Å²) < 4.78 is 6.63. The number of ether oxygens (including phenoxy) is 1. The summed E-state index contributed by atoms with van der Waals surface area (Å²) >= 11 is 1.63. The van der Waals surface area contributed by atoms with Crippen LogP contribution < -0.4 is 9.80 Å². The van der Waals surface area contributed by atoms with Crippen molar-refractivity contribution in [3.05, 3.63) is 46.8 Å². The normalized spacial score (nSPS) is 19.2. The lowest BCUT2D eigenvalue weighted by Gasteiger charge is -2.27. The highest BCUT2D eigenvalue weighted by atomic mass is 32.1. The standard InChI is InChI=1S/C23H27N5O2S/c1-26(2)19-7-8-20(25-24-19)28-10-9-16(15-28)21-17-5-3-4-6-18(17)31-22(21)23(29)27-11-13-30-14-12-27/h3-8,16H,9-15H2,1-2H3/t16-/m1/s1. The Morgan fingerprint density at radius 2 is 1.90 bits per heavy atom. The molecule has 2 aromatic heterocycles. The van der Waals surface area contributed by atoms with Gasteiger partial charge in [0.05, 0.1) is 18.1 Å². The number of thiophene rings is 1. The third-order valence-electron chi connectivity index (χ3n) is 6.14. The molecule has 0 bridgehead atoms. The van der Waals surface area contributed by atoms with Crippen molar-refractivity contribution < 1.29 is 9.53 Å². The molecule has 1 atom stereocenters. The third-order valence-corrected chi connectivity index (χ3v) is 7.32. The topological polar surface area (TPSA) is 61.8 Å². The van der Waals surface area contributed by atoms with Crippen LogP contribution in [0.25, 0.3) is 10.1 Å². The van der Waals surface area contributed by atoms with Crippen LogP contribution in [0.15, 0.2) is 36.4 Å². The number of hydrogen-bond acceptors (Lipinski definition) is 7. The molecule has 31 heavy (non-hydrogen) atoms. The first-order valence-corrected chi connectivity index (χ1v) is 11.6. The van der Waals surface area contributed by atoms with Gasteiger partial charge in [-0.1, -0.05) is 18.2 Å².